The van der Waals surface area contributed by atoms with E-state index < -0.39 is 0 Å². The minimum absolute atomic E-state index is 0.187. The standard InChI is InChI=1S/C4H5Cl2/c5-3-1-2-4(3)6/h3H,1-2H2. The smallest absolute Gasteiger partial charge is 0.0815 e. The normalized spacial score (nSPS) is 36.0. The van der Waals surface area contributed by atoms with E-state index >= 15 is 0 Å². The first-order valence-corrected chi connectivity index (χ1v) is 2.77. The summed E-state index contributed by atoms with van der Waals surface area (Å²) in [4.78, 5) is 0. The molecule has 1 atom stereocenters. The SMILES string of the molecule is Cl[C]1CCC1Cl. The maximum absolute atomic E-state index is 5.53. The molecule has 0 aromatic carbocycles. The molecule has 1 aliphatic rings. The van der Waals surface area contributed by atoms with Crippen LogP contribution >= 0.6 is 23.2 Å². The zero-order chi connectivity index (χ0) is 4.57. The number of alkyl halides is 1. The van der Waals surface area contributed by atoms with Crippen LogP contribution in [0.15, 0.2) is 0 Å². The zero-order valence-corrected chi connectivity index (χ0v) is 4.76. The Labute approximate surface area is 47.4 Å². The van der Waals surface area contributed by atoms with E-state index in [1.165, 1.54) is 0 Å². The minimum atomic E-state index is 0.187. The number of hydrogen-bond donors (Lipinski definition) is 0. The topological polar surface area (TPSA) is 0 Å². The van der Waals surface area contributed by atoms with Crippen molar-refractivity contribution in [2.45, 2.75) is 18.2 Å². The molecule has 1 aliphatic carbocycles. The highest BCUT2D eigenvalue weighted by molar-refractivity contribution is 6.36. The van der Waals surface area contributed by atoms with Crippen molar-refractivity contribution in [3.8, 4) is 0 Å². The van der Waals surface area contributed by atoms with Crippen molar-refractivity contribution < 1.29 is 0 Å². The predicted octanol–water partition coefficient (Wildman–Crippen LogP) is 2.16. The van der Waals surface area contributed by atoms with Gasteiger partial charge < -0.3 is 0 Å². The van der Waals surface area contributed by atoms with Gasteiger partial charge in [-0.25, -0.2) is 0 Å². The average Bonchev–Trinajstić information content (AvgIpc) is 1.61. The molecule has 0 amide bonds. The van der Waals surface area contributed by atoms with Crippen molar-refractivity contribution in [3.05, 3.63) is 5.38 Å². The second kappa shape index (κ2) is 1.59. The Hall–Kier alpha value is 0.580. The van der Waals surface area contributed by atoms with Crippen LogP contribution in [-0.2, 0) is 0 Å². The van der Waals surface area contributed by atoms with Gasteiger partial charge in [-0.15, -0.1) is 23.2 Å². The van der Waals surface area contributed by atoms with Crippen LogP contribution in [0.4, 0.5) is 0 Å². The number of halogens is 2. The van der Waals surface area contributed by atoms with Crippen molar-refractivity contribution in [1.82, 2.24) is 0 Å². The molecule has 1 unspecified atom stereocenters. The van der Waals surface area contributed by atoms with Gasteiger partial charge in [0.25, 0.3) is 0 Å². The zero-order valence-electron chi connectivity index (χ0n) is 3.25. The van der Waals surface area contributed by atoms with Crippen molar-refractivity contribution in [3.63, 3.8) is 0 Å². The molecule has 0 nitrogen and oxygen atoms in total. The lowest BCUT2D eigenvalue weighted by molar-refractivity contribution is 0.630. The molecule has 0 spiro atoms. The maximum atomic E-state index is 5.53. The van der Waals surface area contributed by atoms with Crippen molar-refractivity contribution in [2.75, 3.05) is 0 Å². The van der Waals surface area contributed by atoms with Gasteiger partial charge in [0.05, 0.1) is 10.8 Å². The Bertz CT molecular complexity index is 45.5. The van der Waals surface area contributed by atoms with Crippen LogP contribution < -0.4 is 0 Å². The molecular weight excluding hydrogens is 119 g/mol. The molecule has 0 saturated heterocycles. The van der Waals surface area contributed by atoms with Crippen LogP contribution in [0, 0.1) is 5.38 Å². The third-order valence-corrected chi connectivity index (χ3v) is 2.02. The first kappa shape index (κ1) is 4.73. The molecule has 2 heteroatoms. The molecule has 0 bridgehead atoms. The summed E-state index contributed by atoms with van der Waals surface area (Å²) in [6.45, 7) is 0. The maximum Gasteiger partial charge on any atom is 0.0815 e. The summed E-state index contributed by atoms with van der Waals surface area (Å²) < 4.78 is 0. The van der Waals surface area contributed by atoms with E-state index in [0.717, 1.165) is 18.2 Å². The summed E-state index contributed by atoms with van der Waals surface area (Å²) in [5, 5.41) is 1.11. The van der Waals surface area contributed by atoms with Gasteiger partial charge in [0, 0.05) is 0 Å². The molecule has 1 radical (unpaired) electrons. The highest BCUT2D eigenvalue weighted by Crippen LogP contribution is 2.37. The van der Waals surface area contributed by atoms with E-state index in [-0.39, 0.29) is 5.38 Å². The average molecular weight is 124 g/mol. The third-order valence-electron chi connectivity index (χ3n) is 0.976. The van der Waals surface area contributed by atoms with Gasteiger partial charge in [-0.3, -0.25) is 0 Å². The number of hydrogen-bond acceptors (Lipinski definition) is 0. The lowest BCUT2D eigenvalue weighted by atomic mass is 9.99. The molecule has 35 valence electrons. The molecule has 1 saturated carbocycles. The van der Waals surface area contributed by atoms with Gasteiger partial charge >= 0.3 is 0 Å². The lowest BCUT2D eigenvalue weighted by Crippen LogP contribution is -2.18. The van der Waals surface area contributed by atoms with Crippen LogP contribution in [0.2, 0.25) is 0 Å². The Balaban J connectivity index is 2.20. The molecule has 0 aromatic rings. The first-order chi connectivity index (χ1) is 2.80. The second-order valence-corrected chi connectivity index (χ2v) is 2.47. The van der Waals surface area contributed by atoms with Crippen molar-refractivity contribution in [2.24, 2.45) is 0 Å². The highest BCUT2D eigenvalue weighted by atomic mass is 35.5. The Morgan fingerprint density at radius 2 is 2.17 bits per heavy atom. The van der Waals surface area contributed by atoms with Crippen molar-refractivity contribution >= 4 is 23.2 Å². The fourth-order valence-corrected chi connectivity index (χ4v) is 0.799. The molecule has 0 N–H and O–H groups in total. The van der Waals surface area contributed by atoms with E-state index in [2.05, 4.69) is 0 Å². The van der Waals surface area contributed by atoms with Gasteiger partial charge in [0.1, 0.15) is 0 Å². The summed E-state index contributed by atoms with van der Waals surface area (Å²) in [6.07, 6.45) is 2.09. The summed E-state index contributed by atoms with van der Waals surface area (Å²) in [5.74, 6) is 0. The first-order valence-electron chi connectivity index (χ1n) is 1.96. The van der Waals surface area contributed by atoms with E-state index in [9.17, 15) is 0 Å². The Kier molecular flexibility index (Phi) is 1.25. The molecule has 0 aliphatic heterocycles. The van der Waals surface area contributed by atoms with E-state index in [1.54, 1.807) is 0 Å². The fraction of sp³-hybridized carbons (Fsp3) is 0.750. The van der Waals surface area contributed by atoms with E-state index in [4.69, 9.17) is 23.2 Å². The minimum Gasteiger partial charge on any atom is -0.121 e. The molecule has 0 heterocycles. The van der Waals surface area contributed by atoms with Crippen LogP contribution in [-0.4, -0.2) is 5.38 Å². The van der Waals surface area contributed by atoms with Gasteiger partial charge in [-0.1, -0.05) is 0 Å². The summed E-state index contributed by atoms with van der Waals surface area (Å²) in [6, 6.07) is 0. The number of rotatable bonds is 0. The van der Waals surface area contributed by atoms with Crippen molar-refractivity contribution in [1.29, 1.82) is 0 Å². The summed E-state index contributed by atoms with van der Waals surface area (Å²) in [7, 11) is 0. The van der Waals surface area contributed by atoms with E-state index in [1.807, 2.05) is 0 Å². The summed E-state index contributed by atoms with van der Waals surface area (Å²) in [5.41, 5.74) is 0. The van der Waals surface area contributed by atoms with Gasteiger partial charge in [-0.05, 0) is 12.8 Å². The largest absolute Gasteiger partial charge is 0.121 e. The highest BCUT2D eigenvalue weighted by Gasteiger charge is 2.26. The van der Waals surface area contributed by atoms with Crippen LogP contribution in [0.3, 0.4) is 0 Å². The molecule has 1 fully saturated rings. The molecule has 0 aromatic heterocycles. The van der Waals surface area contributed by atoms with Crippen LogP contribution in [0.25, 0.3) is 0 Å². The monoisotopic (exact) mass is 123 g/mol. The quantitative estimate of drug-likeness (QED) is 0.434. The molecule has 6 heavy (non-hydrogen) atoms. The Morgan fingerprint density at radius 1 is 1.67 bits per heavy atom. The van der Waals surface area contributed by atoms with Gasteiger partial charge in [0.2, 0.25) is 0 Å². The van der Waals surface area contributed by atoms with Gasteiger partial charge in [-0.2, -0.15) is 0 Å². The van der Waals surface area contributed by atoms with Gasteiger partial charge in [0.15, 0.2) is 0 Å². The Morgan fingerprint density at radius 3 is 2.17 bits per heavy atom. The molecule has 1 rings (SSSR count). The molecular formula is C4H5Cl2. The van der Waals surface area contributed by atoms with Crippen LogP contribution in [0.1, 0.15) is 12.8 Å². The fourth-order valence-electron chi connectivity index (χ4n) is 0.363. The lowest BCUT2D eigenvalue weighted by Gasteiger charge is -2.23. The summed E-state index contributed by atoms with van der Waals surface area (Å²) >= 11 is 11.0. The predicted molar refractivity (Wildman–Crippen MR) is 28.0 cm³/mol. The second-order valence-electron chi connectivity index (χ2n) is 1.45. The van der Waals surface area contributed by atoms with E-state index in [0.29, 0.717) is 0 Å². The van der Waals surface area contributed by atoms with Crippen LogP contribution in [0.5, 0.6) is 0 Å². The third kappa shape index (κ3) is 0.640.